The quantitative estimate of drug-likeness (QED) is 0.420. The lowest BCUT2D eigenvalue weighted by Crippen LogP contribution is -2.29. The lowest BCUT2D eigenvalue weighted by atomic mass is 10.0. The minimum absolute atomic E-state index is 0.0232. The molecule has 0 fully saturated rings. The van der Waals surface area contributed by atoms with Gasteiger partial charge in [0.2, 0.25) is 10.0 Å². The topological polar surface area (TPSA) is 66.5 Å². The van der Waals surface area contributed by atoms with Gasteiger partial charge in [0.25, 0.3) is 5.91 Å². The third-order valence-corrected chi connectivity index (χ3v) is 6.86. The number of sulfonamides is 1. The van der Waals surface area contributed by atoms with Crippen LogP contribution >= 0.6 is 23.2 Å². The summed E-state index contributed by atoms with van der Waals surface area (Å²) < 4.78 is 26.2. The van der Waals surface area contributed by atoms with Crippen molar-refractivity contribution in [3.8, 4) is 0 Å². The van der Waals surface area contributed by atoms with E-state index >= 15 is 0 Å². The Morgan fingerprint density at radius 3 is 2.09 bits per heavy atom. The summed E-state index contributed by atoms with van der Waals surface area (Å²) in [6.07, 6.45) is 1.11. The summed E-state index contributed by atoms with van der Waals surface area (Å²) in [5, 5.41) is 3.70. The second-order valence-corrected chi connectivity index (χ2v) is 10.4. The van der Waals surface area contributed by atoms with Crippen molar-refractivity contribution in [1.29, 1.82) is 0 Å². The highest BCUT2D eigenvalue weighted by atomic mass is 35.5. The van der Waals surface area contributed by atoms with Crippen molar-refractivity contribution < 1.29 is 13.2 Å². The molecule has 8 heteroatoms. The zero-order chi connectivity index (χ0) is 23.5. The average molecular weight is 491 g/mol. The molecule has 0 bridgehead atoms. The number of amides is 1. The van der Waals surface area contributed by atoms with E-state index < -0.39 is 10.0 Å². The Bertz CT molecular complexity index is 1210. The molecular formula is C24H24Cl2N2O3S. The summed E-state index contributed by atoms with van der Waals surface area (Å²) in [6, 6.07) is 19.0. The van der Waals surface area contributed by atoms with Crippen molar-refractivity contribution in [2.75, 3.05) is 15.9 Å². The molecule has 3 aromatic rings. The number of halogens is 2. The maximum absolute atomic E-state index is 12.8. The number of carbonyl (C=O) groups excluding carboxylic acids is 1. The van der Waals surface area contributed by atoms with Gasteiger partial charge in [-0.15, -0.1) is 0 Å². The van der Waals surface area contributed by atoms with Crippen molar-refractivity contribution in [2.45, 2.75) is 26.3 Å². The molecule has 1 amide bonds. The van der Waals surface area contributed by atoms with Crippen molar-refractivity contribution in [1.82, 2.24) is 0 Å². The number of benzene rings is 3. The van der Waals surface area contributed by atoms with E-state index in [0.29, 0.717) is 26.9 Å². The van der Waals surface area contributed by atoms with Crippen LogP contribution in [0.2, 0.25) is 10.0 Å². The van der Waals surface area contributed by atoms with Gasteiger partial charge in [0.1, 0.15) is 0 Å². The molecule has 1 N–H and O–H groups in total. The molecule has 0 saturated carbocycles. The van der Waals surface area contributed by atoms with Crippen molar-refractivity contribution in [3.63, 3.8) is 0 Å². The van der Waals surface area contributed by atoms with Crippen LogP contribution in [0.15, 0.2) is 66.7 Å². The van der Waals surface area contributed by atoms with Crippen molar-refractivity contribution >= 4 is 50.5 Å². The standard InChI is InChI=1S/C24H24Cl2N2O3S/c1-16(2)19-7-4-5-10-23(19)27-24(29)17-11-13-18(14-12-17)28(32(3,30)31)15-20-21(25)8-6-9-22(20)26/h4-14,16H,15H2,1-3H3,(H,27,29). The van der Waals surface area contributed by atoms with Gasteiger partial charge < -0.3 is 5.32 Å². The van der Waals surface area contributed by atoms with E-state index in [2.05, 4.69) is 19.2 Å². The van der Waals surface area contributed by atoms with E-state index in [1.54, 1.807) is 42.5 Å². The molecule has 0 saturated heterocycles. The highest BCUT2D eigenvalue weighted by Crippen LogP contribution is 2.30. The van der Waals surface area contributed by atoms with Crippen LogP contribution in [0.4, 0.5) is 11.4 Å². The minimum atomic E-state index is -3.63. The van der Waals surface area contributed by atoms with Crippen LogP contribution in [0.25, 0.3) is 0 Å². The van der Waals surface area contributed by atoms with Gasteiger partial charge in [-0.1, -0.05) is 61.3 Å². The number of hydrogen-bond donors (Lipinski definition) is 1. The third kappa shape index (κ3) is 5.63. The third-order valence-electron chi connectivity index (χ3n) is 5.01. The molecule has 0 heterocycles. The van der Waals surface area contributed by atoms with Crippen molar-refractivity contribution in [2.24, 2.45) is 0 Å². The minimum Gasteiger partial charge on any atom is -0.322 e. The monoisotopic (exact) mass is 490 g/mol. The Morgan fingerprint density at radius 2 is 1.53 bits per heavy atom. The smallest absolute Gasteiger partial charge is 0.255 e. The Morgan fingerprint density at radius 1 is 0.938 bits per heavy atom. The summed E-state index contributed by atoms with van der Waals surface area (Å²) in [5.74, 6) is -0.0152. The summed E-state index contributed by atoms with van der Waals surface area (Å²) in [5.41, 5.74) is 3.12. The molecule has 0 aliphatic rings. The average Bonchev–Trinajstić information content (AvgIpc) is 2.73. The van der Waals surface area contributed by atoms with E-state index in [-0.39, 0.29) is 18.4 Å². The maximum atomic E-state index is 12.8. The van der Waals surface area contributed by atoms with Gasteiger partial charge in [0.05, 0.1) is 18.5 Å². The molecule has 0 atom stereocenters. The predicted molar refractivity (Wildman–Crippen MR) is 132 cm³/mol. The molecule has 0 aliphatic carbocycles. The molecule has 0 aliphatic heterocycles. The van der Waals surface area contributed by atoms with Crippen LogP contribution in [-0.4, -0.2) is 20.6 Å². The highest BCUT2D eigenvalue weighted by Gasteiger charge is 2.21. The number of nitrogens with one attached hydrogen (secondary N) is 1. The number of rotatable bonds is 7. The number of hydrogen-bond acceptors (Lipinski definition) is 3. The van der Waals surface area contributed by atoms with Crippen LogP contribution < -0.4 is 9.62 Å². The van der Waals surface area contributed by atoms with Gasteiger partial charge >= 0.3 is 0 Å². The van der Waals surface area contributed by atoms with Crippen LogP contribution in [0.1, 0.15) is 41.3 Å². The molecule has 0 radical (unpaired) electrons. The summed E-state index contributed by atoms with van der Waals surface area (Å²) in [7, 11) is -3.63. The van der Waals surface area contributed by atoms with Gasteiger partial charge in [-0.05, 0) is 53.9 Å². The first-order chi connectivity index (χ1) is 15.1. The molecule has 168 valence electrons. The van der Waals surface area contributed by atoms with Gasteiger partial charge in [-0.2, -0.15) is 0 Å². The van der Waals surface area contributed by atoms with Crippen LogP contribution in [0, 0.1) is 0 Å². The Kier molecular flexibility index (Phi) is 7.49. The fourth-order valence-electron chi connectivity index (χ4n) is 3.31. The van der Waals surface area contributed by atoms with Gasteiger partial charge in [0.15, 0.2) is 0 Å². The van der Waals surface area contributed by atoms with Crippen LogP contribution in [0.3, 0.4) is 0 Å². The fourth-order valence-corrected chi connectivity index (χ4v) is 4.70. The largest absolute Gasteiger partial charge is 0.322 e. The Hall–Kier alpha value is -2.54. The highest BCUT2D eigenvalue weighted by molar-refractivity contribution is 7.92. The SMILES string of the molecule is CC(C)c1ccccc1NC(=O)c1ccc(N(Cc2c(Cl)cccc2Cl)S(C)(=O)=O)cc1. The molecule has 5 nitrogen and oxygen atoms in total. The molecule has 0 aromatic heterocycles. The van der Waals surface area contributed by atoms with Gasteiger partial charge in [-0.25, -0.2) is 8.42 Å². The Labute approximate surface area is 199 Å². The zero-order valence-corrected chi connectivity index (χ0v) is 20.3. The summed E-state index contributed by atoms with van der Waals surface area (Å²) in [6.45, 7) is 4.10. The maximum Gasteiger partial charge on any atom is 0.255 e. The number of nitrogens with zero attached hydrogens (tertiary/aromatic N) is 1. The van der Waals surface area contributed by atoms with E-state index in [1.807, 2.05) is 24.3 Å². The normalized spacial score (nSPS) is 11.4. The van der Waals surface area contributed by atoms with Gasteiger partial charge in [0, 0.05) is 26.9 Å². The molecule has 0 spiro atoms. The van der Waals surface area contributed by atoms with Gasteiger partial charge in [-0.3, -0.25) is 9.10 Å². The molecule has 0 unspecified atom stereocenters. The second-order valence-electron chi connectivity index (χ2n) is 7.71. The van der Waals surface area contributed by atoms with E-state index in [4.69, 9.17) is 23.2 Å². The first kappa shape index (κ1) is 24.1. The summed E-state index contributed by atoms with van der Waals surface area (Å²) >= 11 is 12.5. The Balaban J connectivity index is 1.86. The second kappa shape index (κ2) is 9.94. The lowest BCUT2D eigenvalue weighted by molar-refractivity contribution is 0.102. The van der Waals surface area contributed by atoms with E-state index in [1.165, 1.54) is 4.31 Å². The van der Waals surface area contributed by atoms with E-state index in [9.17, 15) is 13.2 Å². The molecule has 3 rings (SSSR count). The van der Waals surface area contributed by atoms with Crippen LogP contribution in [-0.2, 0) is 16.6 Å². The number of anilines is 2. The van der Waals surface area contributed by atoms with E-state index in [0.717, 1.165) is 17.5 Å². The van der Waals surface area contributed by atoms with Crippen molar-refractivity contribution in [3.05, 3.63) is 93.5 Å². The predicted octanol–water partition coefficient (Wildman–Crippen LogP) is 6.34. The molecule has 32 heavy (non-hydrogen) atoms. The summed E-state index contributed by atoms with van der Waals surface area (Å²) in [4.78, 5) is 12.8. The zero-order valence-electron chi connectivity index (χ0n) is 18.0. The lowest BCUT2D eigenvalue weighted by Gasteiger charge is -2.24. The van der Waals surface area contributed by atoms with Crippen LogP contribution in [0.5, 0.6) is 0 Å². The number of carbonyl (C=O) groups is 1. The first-order valence-corrected chi connectivity index (χ1v) is 12.6. The molecular weight excluding hydrogens is 467 g/mol. The first-order valence-electron chi connectivity index (χ1n) is 9.99. The number of para-hydroxylation sites is 1. The molecule has 3 aromatic carbocycles. The fraction of sp³-hybridized carbons (Fsp3) is 0.208.